The molecule has 0 aliphatic rings. The zero-order valence-electron chi connectivity index (χ0n) is 11.2. The van der Waals surface area contributed by atoms with Crippen LogP contribution in [0.1, 0.15) is 9.75 Å². The topological polar surface area (TPSA) is 30.5 Å². The van der Waals surface area contributed by atoms with Gasteiger partial charge in [0, 0.05) is 16.3 Å². The molecule has 0 spiro atoms. The van der Waals surface area contributed by atoms with Crippen molar-refractivity contribution in [3.8, 4) is 11.5 Å². The summed E-state index contributed by atoms with van der Waals surface area (Å²) in [6.07, 6.45) is 0. The summed E-state index contributed by atoms with van der Waals surface area (Å²) in [6.45, 7) is 1.45. The Balaban J connectivity index is 2.04. The second kappa shape index (κ2) is 7.45. The number of halogens is 2. The molecule has 0 fully saturated rings. The molecule has 0 atom stereocenters. The molecule has 1 N–H and O–H groups in total. The minimum atomic E-state index is 0.561. The van der Waals surface area contributed by atoms with Crippen LogP contribution in [0.4, 0.5) is 0 Å². The molecule has 0 aliphatic carbocycles. The number of ether oxygens (including phenoxy) is 2. The van der Waals surface area contributed by atoms with Crippen molar-refractivity contribution in [3.05, 3.63) is 43.0 Å². The standard InChI is InChI=1S/C14H15Br2NO2S/c1-17-7-9-3-4-10(20-9)8-19-14-6-11(15)13(18-2)5-12(14)16/h3-6,17H,7-8H2,1-2H3. The van der Waals surface area contributed by atoms with Gasteiger partial charge in [0.05, 0.1) is 16.1 Å². The molecule has 0 unspecified atom stereocenters. The zero-order valence-corrected chi connectivity index (χ0v) is 15.2. The minimum absolute atomic E-state index is 0.561. The molecule has 6 heteroatoms. The van der Waals surface area contributed by atoms with E-state index in [9.17, 15) is 0 Å². The number of methoxy groups -OCH3 is 1. The van der Waals surface area contributed by atoms with Gasteiger partial charge in [-0.25, -0.2) is 0 Å². The van der Waals surface area contributed by atoms with Gasteiger partial charge in [-0.1, -0.05) is 0 Å². The smallest absolute Gasteiger partial charge is 0.135 e. The van der Waals surface area contributed by atoms with Crippen molar-refractivity contribution in [2.24, 2.45) is 0 Å². The molecule has 20 heavy (non-hydrogen) atoms. The van der Waals surface area contributed by atoms with Crippen LogP contribution in [0.2, 0.25) is 0 Å². The monoisotopic (exact) mass is 419 g/mol. The highest BCUT2D eigenvalue weighted by Crippen LogP contribution is 2.36. The van der Waals surface area contributed by atoms with Crippen molar-refractivity contribution < 1.29 is 9.47 Å². The van der Waals surface area contributed by atoms with E-state index in [1.165, 1.54) is 9.75 Å². The molecular formula is C14H15Br2NO2S. The highest BCUT2D eigenvalue weighted by molar-refractivity contribution is 9.11. The van der Waals surface area contributed by atoms with Crippen molar-refractivity contribution in [1.29, 1.82) is 0 Å². The van der Waals surface area contributed by atoms with Crippen LogP contribution in [0.3, 0.4) is 0 Å². The first-order chi connectivity index (χ1) is 9.63. The quantitative estimate of drug-likeness (QED) is 0.741. The van der Waals surface area contributed by atoms with E-state index in [0.717, 1.165) is 27.0 Å². The molecule has 1 heterocycles. The number of benzene rings is 1. The maximum atomic E-state index is 5.85. The van der Waals surface area contributed by atoms with Crippen molar-refractivity contribution in [3.63, 3.8) is 0 Å². The van der Waals surface area contributed by atoms with E-state index < -0.39 is 0 Å². The fourth-order valence-corrected chi connectivity index (χ4v) is 3.56. The molecule has 3 nitrogen and oxygen atoms in total. The highest BCUT2D eigenvalue weighted by Gasteiger charge is 2.09. The summed E-state index contributed by atoms with van der Waals surface area (Å²) in [5, 5.41) is 3.14. The third-order valence-corrected chi connectivity index (χ3v) is 4.94. The van der Waals surface area contributed by atoms with Crippen LogP contribution in [-0.2, 0) is 13.2 Å². The van der Waals surface area contributed by atoms with Crippen molar-refractivity contribution in [1.82, 2.24) is 5.32 Å². The lowest BCUT2D eigenvalue weighted by molar-refractivity contribution is 0.306. The molecule has 0 radical (unpaired) electrons. The fraction of sp³-hybridized carbons (Fsp3) is 0.286. The summed E-state index contributed by atoms with van der Waals surface area (Å²) in [5.41, 5.74) is 0. The highest BCUT2D eigenvalue weighted by atomic mass is 79.9. The Hall–Kier alpha value is -0.560. The van der Waals surface area contributed by atoms with Gasteiger partial charge in [-0.3, -0.25) is 0 Å². The van der Waals surface area contributed by atoms with Gasteiger partial charge in [0.2, 0.25) is 0 Å². The van der Waals surface area contributed by atoms with E-state index in [-0.39, 0.29) is 0 Å². The molecule has 0 saturated carbocycles. The van der Waals surface area contributed by atoms with Gasteiger partial charge < -0.3 is 14.8 Å². The lowest BCUT2D eigenvalue weighted by Crippen LogP contribution is -2.02. The summed E-state index contributed by atoms with van der Waals surface area (Å²) < 4.78 is 12.8. The third kappa shape index (κ3) is 3.97. The van der Waals surface area contributed by atoms with Crippen molar-refractivity contribution in [2.45, 2.75) is 13.2 Å². The normalized spacial score (nSPS) is 10.6. The van der Waals surface area contributed by atoms with E-state index in [0.29, 0.717) is 6.61 Å². The first-order valence-corrected chi connectivity index (χ1v) is 8.42. The van der Waals surface area contributed by atoms with E-state index in [1.54, 1.807) is 18.4 Å². The second-order valence-corrected chi connectivity index (χ2v) is 7.07. The maximum absolute atomic E-state index is 5.85. The fourth-order valence-electron chi connectivity index (χ4n) is 1.70. The first-order valence-electron chi connectivity index (χ1n) is 6.02. The number of nitrogens with one attached hydrogen (secondary N) is 1. The van der Waals surface area contributed by atoms with E-state index in [2.05, 4.69) is 49.3 Å². The number of rotatable bonds is 6. The Morgan fingerprint density at radius 3 is 2.45 bits per heavy atom. The average molecular weight is 421 g/mol. The summed E-state index contributed by atoms with van der Waals surface area (Å²) in [5.74, 6) is 1.57. The number of thiophene rings is 1. The van der Waals surface area contributed by atoms with Crippen LogP contribution < -0.4 is 14.8 Å². The molecular weight excluding hydrogens is 406 g/mol. The molecule has 2 aromatic rings. The van der Waals surface area contributed by atoms with Gasteiger partial charge in [-0.2, -0.15) is 0 Å². The lowest BCUT2D eigenvalue weighted by atomic mass is 10.3. The summed E-state index contributed by atoms with van der Waals surface area (Å²) >= 11 is 8.71. The van der Waals surface area contributed by atoms with Crippen LogP contribution in [-0.4, -0.2) is 14.2 Å². The summed E-state index contributed by atoms with van der Waals surface area (Å²) in [6, 6.07) is 8.02. The summed E-state index contributed by atoms with van der Waals surface area (Å²) in [7, 11) is 3.59. The Morgan fingerprint density at radius 1 is 1.10 bits per heavy atom. The number of hydrogen-bond donors (Lipinski definition) is 1. The zero-order chi connectivity index (χ0) is 14.5. The van der Waals surface area contributed by atoms with Crippen LogP contribution in [0.25, 0.3) is 0 Å². The average Bonchev–Trinajstić information content (AvgIpc) is 2.87. The molecule has 0 saturated heterocycles. The van der Waals surface area contributed by atoms with Crippen molar-refractivity contribution in [2.75, 3.05) is 14.2 Å². The van der Waals surface area contributed by atoms with Crippen LogP contribution in [0.15, 0.2) is 33.2 Å². The predicted molar refractivity (Wildman–Crippen MR) is 89.8 cm³/mol. The lowest BCUT2D eigenvalue weighted by Gasteiger charge is -2.10. The van der Waals surface area contributed by atoms with Gasteiger partial charge in [0.1, 0.15) is 18.1 Å². The molecule has 0 bridgehead atoms. The van der Waals surface area contributed by atoms with Crippen LogP contribution in [0.5, 0.6) is 11.5 Å². The SMILES string of the molecule is CNCc1ccc(COc2cc(Br)c(OC)cc2Br)s1. The molecule has 1 aromatic carbocycles. The van der Waals surface area contributed by atoms with E-state index in [1.807, 2.05) is 19.2 Å². The number of hydrogen-bond acceptors (Lipinski definition) is 4. The van der Waals surface area contributed by atoms with Gasteiger partial charge in [-0.05, 0) is 63.2 Å². The van der Waals surface area contributed by atoms with E-state index >= 15 is 0 Å². The van der Waals surface area contributed by atoms with E-state index in [4.69, 9.17) is 9.47 Å². The maximum Gasteiger partial charge on any atom is 0.135 e. The Bertz CT molecular complexity index is 587. The molecule has 0 amide bonds. The first kappa shape index (κ1) is 15.8. The van der Waals surface area contributed by atoms with Crippen LogP contribution in [0, 0.1) is 0 Å². The Labute approximate surface area is 139 Å². The van der Waals surface area contributed by atoms with Crippen LogP contribution >= 0.6 is 43.2 Å². The summed E-state index contributed by atoms with van der Waals surface area (Å²) in [4.78, 5) is 2.51. The molecule has 2 rings (SSSR count). The minimum Gasteiger partial charge on any atom is -0.496 e. The molecule has 1 aromatic heterocycles. The predicted octanol–water partition coefficient (Wildman–Crippen LogP) is 4.58. The Kier molecular flexibility index (Phi) is 5.89. The van der Waals surface area contributed by atoms with Gasteiger partial charge in [0.25, 0.3) is 0 Å². The Morgan fingerprint density at radius 2 is 1.75 bits per heavy atom. The third-order valence-electron chi connectivity index (χ3n) is 2.64. The van der Waals surface area contributed by atoms with Gasteiger partial charge in [-0.15, -0.1) is 11.3 Å². The van der Waals surface area contributed by atoms with Gasteiger partial charge >= 0.3 is 0 Å². The molecule has 0 aliphatic heterocycles. The molecule has 108 valence electrons. The largest absolute Gasteiger partial charge is 0.496 e. The second-order valence-electron chi connectivity index (χ2n) is 4.10. The van der Waals surface area contributed by atoms with Crippen molar-refractivity contribution >= 4 is 43.2 Å². The van der Waals surface area contributed by atoms with Gasteiger partial charge in [0.15, 0.2) is 0 Å².